The Morgan fingerprint density at radius 3 is 2.88 bits per heavy atom. The highest BCUT2D eigenvalue weighted by molar-refractivity contribution is 5.93. The minimum atomic E-state index is -0.417. The van der Waals surface area contributed by atoms with E-state index in [0.29, 0.717) is 11.7 Å². The van der Waals surface area contributed by atoms with Crippen molar-refractivity contribution in [3.8, 4) is 0 Å². The number of amides is 1. The molecular formula is C13H19N3O. The van der Waals surface area contributed by atoms with Crippen molar-refractivity contribution in [3.63, 3.8) is 0 Å². The van der Waals surface area contributed by atoms with Crippen LogP contribution in [0.2, 0.25) is 0 Å². The number of aromatic nitrogens is 1. The van der Waals surface area contributed by atoms with Crippen LogP contribution in [0.1, 0.15) is 32.1 Å². The molecule has 1 heterocycles. The Bertz CT molecular complexity index is 360. The molecule has 0 radical (unpaired) electrons. The summed E-state index contributed by atoms with van der Waals surface area (Å²) in [6.45, 7) is 0. The molecule has 1 saturated carbocycles. The summed E-state index contributed by atoms with van der Waals surface area (Å²) in [5.74, 6) is 1.06. The fourth-order valence-corrected chi connectivity index (χ4v) is 2.37. The molecule has 0 saturated heterocycles. The van der Waals surface area contributed by atoms with Crippen LogP contribution in [0.4, 0.5) is 5.82 Å². The average molecular weight is 233 g/mol. The van der Waals surface area contributed by atoms with E-state index in [0.717, 1.165) is 6.42 Å². The Morgan fingerprint density at radius 1 is 1.47 bits per heavy atom. The summed E-state index contributed by atoms with van der Waals surface area (Å²) in [5.41, 5.74) is 5.91. The van der Waals surface area contributed by atoms with Crippen LogP contribution in [-0.4, -0.2) is 16.9 Å². The molecule has 0 aromatic carbocycles. The molecule has 17 heavy (non-hydrogen) atoms. The largest absolute Gasteiger partial charge is 0.320 e. The molecule has 0 bridgehead atoms. The highest BCUT2D eigenvalue weighted by atomic mass is 16.2. The van der Waals surface area contributed by atoms with Gasteiger partial charge in [0.15, 0.2) is 0 Å². The maximum atomic E-state index is 11.8. The van der Waals surface area contributed by atoms with E-state index >= 15 is 0 Å². The van der Waals surface area contributed by atoms with Gasteiger partial charge in [0.25, 0.3) is 0 Å². The van der Waals surface area contributed by atoms with Crippen LogP contribution >= 0.6 is 0 Å². The predicted molar refractivity (Wildman–Crippen MR) is 67.4 cm³/mol. The fraction of sp³-hybridized carbons (Fsp3) is 0.538. The lowest BCUT2D eigenvalue weighted by molar-refractivity contribution is -0.117. The SMILES string of the molecule is N[C@@H](CC1CCCC1)C(=O)Nc1ccccn1. The van der Waals surface area contributed by atoms with Gasteiger partial charge in [-0.05, 0) is 24.5 Å². The number of carbonyl (C=O) groups is 1. The minimum absolute atomic E-state index is 0.129. The van der Waals surface area contributed by atoms with Gasteiger partial charge in [-0.2, -0.15) is 0 Å². The van der Waals surface area contributed by atoms with Crippen LogP contribution in [0.25, 0.3) is 0 Å². The first-order valence-electron chi connectivity index (χ1n) is 6.23. The number of hydrogen-bond donors (Lipinski definition) is 2. The Morgan fingerprint density at radius 2 is 2.24 bits per heavy atom. The fourth-order valence-electron chi connectivity index (χ4n) is 2.37. The zero-order chi connectivity index (χ0) is 12.1. The van der Waals surface area contributed by atoms with Crippen LogP contribution in [0.3, 0.4) is 0 Å². The maximum Gasteiger partial charge on any atom is 0.242 e. The molecule has 3 N–H and O–H groups in total. The van der Waals surface area contributed by atoms with E-state index in [4.69, 9.17) is 5.73 Å². The maximum absolute atomic E-state index is 11.8. The smallest absolute Gasteiger partial charge is 0.242 e. The number of rotatable bonds is 4. The van der Waals surface area contributed by atoms with Gasteiger partial charge in [0.05, 0.1) is 6.04 Å². The summed E-state index contributed by atoms with van der Waals surface area (Å²) in [5, 5.41) is 2.74. The molecule has 0 unspecified atom stereocenters. The second-order valence-corrected chi connectivity index (χ2v) is 4.70. The van der Waals surface area contributed by atoms with Gasteiger partial charge >= 0.3 is 0 Å². The number of anilines is 1. The molecule has 1 aromatic heterocycles. The van der Waals surface area contributed by atoms with Gasteiger partial charge in [0.2, 0.25) is 5.91 Å². The average Bonchev–Trinajstić information content (AvgIpc) is 2.83. The molecule has 1 aromatic rings. The van der Waals surface area contributed by atoms with Gasteiger partial charge < -0.3 is 11.1 Å². The predicted octanol–water partition coefficient (Wildman–Crippen LogP) is 1.93. The van der Waals surface area contributed by atoms with E-state index < -0.39 is 6.04 Å². The van der Waals surface area contributed by atoms with E-state index in [9.17, 15) is 4.79 Å². The lowest BCUT2D eigenvalue weighted by atomic mass is 9.98. The third-order valence-corrected chi connectivity index (χ3v) is 3.31. The Kier molecular flexibility index (Phi) is 4.09. The first kappa shape index (κ1) is 12.0. The van der Waals surface area contributed by atoms with Gasteiger partial charge in [-0.15, -0.1) is 0 Å². The minimum Gasteiger partial charge on any atom is -0.320 e. The molecule has 4 heteroatoms. The quantitative estimate of drug-likeness (QED) is 0.835. The highest BCUT2D eigenvalue weighted by Crippen LogP contribution is 2.28. The molecule has 1 atom stereocenters. The van der Waals surface area contributed by atoms with Crippen molar-refractivity contribution in [2.24, 2.45) is 11.7 Å². The summed E-state index contributed by atoms with van der Waals surface area (Å²) >= 11 is 0. The van der Waals surface area contributed by atoms with Crippen molar-refractivity contribution in [3.05, 3.63) is 24.4 Å². The van der Waals surface area contributed by atoms with E-state index in [2.05, 4.69) is 10.3 Å². The molecule has 4 nitrogen and oxygen atoms in total. The molecule has 1 aliphatic carbocycles. The van der Waals surface area contributed by atoms with Crippen LogP contribution in [0.5, 0.6) is 0 Å². The van der Waals surface area contributed by atoms with Gasteiger partial charge in [-0.1, -0.05) is 31.7 Å². The number of nitrogens with one attached hydrogen (secondary N) is 1. The highest BCUT2D eigenvalue weighted by Gasteiger charge is 2.22. The van der Waals surface area contributed by atoms with Crippen molar-refractivity contribution in [2.75, 3.05) is 5.32 Å². The van der Waals surface area contributed by atoms with Crippen molar-refractivity contribution in [2.45, 2.75) is 38.1 Å². The molecule has 92 valence electrons. The molecule has 1 fully saturated rings. The number of hydrogen-bond acceptors (Lipinski definition) is 3. The number of nitrogens with zero attached hydrogens (tertiary/aromatic N) is 1. The zero-order valence-corrected chi connectivity index (χ0v) is 9.93. The molecule has 0 aliphatic heterocycles. The van der Waals surface area contributed by atoms with Crippen LogP contribution < -0.4 is 11.1 Å². The molecule has 1 aliphatic rings. The monoisotopic (exact) mass is 233 g/mol. The summed E-state index contributed by atoms with van der Waals surface area (Å²) in [4.78, 5) is 15.9. The second-order valence-electron chi connectivity index (χ2n) is 4.70. The normalized spacial score (nSPS) is 17.9. The lowest BCUT2D eigenvalue weighted by Gasteiger charge is -2.15. The van der Waals surface area contributed by atoms with Gasteiger partial charge in [-0.25, -0.2) is 4.98 Å². The molecule has 1 amide bonds. The van der Waals surface area contributed by atoms with Crippen LogP contribution in [-0.2, 0) is 4.79 Å². The third-order valence-electron chi connectivity index (χ3n) is 3.31. The van der Waals surface area contributed by atoms with Crippen molar-refractivity contribution in [1.82, 2.24) is 4.98 Å². The van der Waals surface area contributed by atoms with Crippen LogP contribution in [0, 0.1) is 5.92 Å². The Balaban J connectivity index is 1.82. The standard InChI is InChI=1S/C13H19N3O/c14-11(9-10-5-1-2-6-10)13(17)16-12-7-3-4-8-15-12/h3-4,7-8,10-11H,1-2,5-6,9,14H2,(H,15,16,17)/t11-/m0/s1. The third kappa shape index (κ3) is 3.53. The first-order valence-corrected chi connectivity index (χ1v) is 6.23. The first-order chi connectivity index (χ1) is 8.25. The summed E-state index contributed by atoms with van der Waals surface area (Å²) in [6.07, 6.45) is 7.42. The van der Waals surface area contributed by atoms with Gasteiger partial charge in [0, 0.05) is 6.20 Å². The molecule has 2 rings (SSSR count). The van der Waals surface area contributed by atoms with Gasteiger partial charge in [-0.3, -0.25) is 4.79 Å². The van der Waals surface area contributed by atoms with Crippen LogP contribution in [0.15, 0.2) is 24.4 Å². The summed E-state index contributed by atoms with van der Waals surface area (Å²) in [6, 6.07) is 5.00. The lowest BCUT2D eigenvalue weighted by Crippen LogP contribution is -2.37. The summed E-state index contributed by atoms with van der Waals surface area (Å²) in [7, 11) is 0. The summed E-state index contributed by atoms with van der Waals surface area (Å²) < 4.78 is 0. The van der Waals surface area contributed by atoms with E-state index in [1.54, 1.807) is 12.3 Å². The number of pyridine rings is 1. The van der Waals surface area contributed by atoms with E-state index in [-0.39, 0.29) is 5.91 Å². The topological polar surface area (TPSA) is 68.0 Å². The van der Waals surface area contributed by atoms with Crippen molar-refractivity contribution >= 4 is 11.7 Å². The van der Waals surface area contributed by atoms with E-state index in [1.165, 1.54) is 25.7 Å². The Hall–Kier alpha value is -1.42. The van der Waals surface area contributed by atoms with Crippen molar-refractivity contribution < 1.29 is 4.79 Å². The number of carbonyl (C=O) groups excluding carboxylic acids is 1. The Labute approximate surface area is 102 Å². The second kappa shape index (κ2) is 5.77. The molecular weight excluding hydrogens is 214 g/mol. The molecule has 0 spiro atoms. The van der Waals surface area contributed by atoms with Gasteiger partial charge in [0.1, 0.15) is 5.82 Å². The number of nitrogens with two attached hydrogens (primary N) is 1. The zero-order valence-electron chi connectivity index (χ0n) is 9.93. The van der Waals surface area contributed by atoms with Crippen molar-refractivity contribution in [1.29, 1.82) is 0 Å². The van der Waals surface area contributed by atoms with E-state index in [1.807, 2.05) is 12.1 Å².